The molecule has 6 heteroatoms. The predicted octanol–water partition coefficient (Wildman–Crippen LogP) is 3.97. The van der Waals surface area contributed by atoms with E-state index in [2.05, 4.69) is 21.8 Å². The second-order valence-corrected chi connectivity index (χ2v) is 9.49. The van der Waals surface area contributed by atoms with Crippen LogP contribution in [-0.2, 0) is 16.6 Å². The Balaban J connectivity index is 1.38. The normalized spacial score (nSPS) is 18.0. The molecule has 1 aliphatic rings. The van der Waals surface area contributed by atoms with E-state index < -0.39 is 10.0 Å². The SMILES string of the molecule is O=S(=O)(N[C@H]1CCN(Cc2ccccc2)C1)c1ccc(-c2cccs2)cc1. The van der Waals surface area contributed by atoms with E-state index >= 15 is 0 Å². The zero-order valence-corrected chi connectivity index (χ0v) is 16.5. The molecule has 4 nitrogen and oxygen atoms in total. The zero-order valence-electron chi connectivity index (χ0n) is 14.9. The molecule has 27 heavy (non-hydrogen) atoms. The largest absolute Gasteiger partial charge is 0.297 e. The molecule has 4 rings (SSSR count). The van der Waals surface area contributed by atoms with Crippen LogP contribution in [0.25, 0.3) is 10.4 Å². The highest BCUT2D eigenvalue weighted by Crippen LogP contribution is 2.26. The summed E-state index contributed by atoms with van der Waals surface area (Å²) in [6, 6.07) is 21.4. The van der Waals surface area contributed by atoms with Crippen molar-refractivity contribution in [3.05, 3.63) is 77.7 Å². The van der Waals surface area contributed by atoms with E-state index in [-0.39, 0.29) is 6.04 Å². The third-order valence-corrected chi connectivity index (χ3v) is 7.27. The second kappa shape index (κ2) is 7.94. The number of rotatable bonds is 6. The summed E-state index contributed by atoms with van der Waals surface area (Å²) in [5.41, 5.74) is 2.30. The number of likely N-dealkylation sites (tertiary alicyclic amines) is 1. The summed E-state index contributed by atoms with van der Waals surface area (Å²) in [6.45, 7) is 2.50. The van der Waals surface area contributed by atoms with Gasteiger partial charge in [-0.25, -0.2) is 13.1 Å². The van der Waals surface area contributed by atoms with Crippen molar-refractivity contribution in [1.82, 2.24) is 9.62 Å². The van der Waals surface area contributed by atoms with Crippen LogP contribution in [-0.4, -0.2) is 32.4 Å². The van der Waals surface area contributed by atoms with Crippen LogP contribution in [0.1, 0.15) is 12.0 Å². The minimum Gasteiger partial charge on any atom is -0.297 e. The Morgan fingerprint density at radius 3 is 2.48 bits per heavy atom. The van der Waals surface area contributed by atoms with Crippen LogP contribution >= 0.6 is 11.3 Å². The van der Waals surface area contributed by atoms with Crippen LogP contribution in [0, 0.1) is 0 Å². The Morgan fingerprint density at radius 2 is 1.78 bits per heavy atom. The van der Waals surface area contributed by atoms with Crippen LogP contribution in [0.4, 0.5) is 0 Å². The van der Waals surface area contributed by atoms with Gasteiger partial charge in [-0.15, -0.1) is 11.3 Å². The molecule has 140 valence electrons. The number of sulfonamides is 1. The van der Waals surface area contributed by atoms with Crippen LogP contribution in [0.2, 0.25) is 0 Å². The monoisotopic (exact) mass is 398 g/mol. The predicted molar refractivity (Wildman–Crippen MR) is 110 cm³/mol. The summed E-state index contributed by atoms with van der Waals surface area (Å²) in [6.07, 6.45) is 0.833. The lowest BCUT2D eigenvalue weighted by Gasteiger charge is -2.17. The average molecular weight is 399 g/mol. The molecule has 1 N–H and O–H groups in total. The fourth-order valence-corrected chi connectivity index (χ4v) is 5.44. The third kappa shape index (κ3) is 4.47. The maximum Gasteiger partial charge on any atom is 0.240 e. The van der Waals surface area contributed by atoms with Gasteiger partial charge in [0.1, 0.15) is 0 Å². The standard InChI is InChI=1S/C21H22N2O2S2/c24-27(25,20-10-8-18(9-11-20)21-7-4-14-26-21)22-19-12-13-23(16-19)15-17-5-2-1-3-6-17/h1-11,14,19,22H,12-13,15-16H2/t19-/m0/s1. The van der Waals surface area contributed by atoms with Crippen LogP contribution < -0.4 is 4.72 Å². The number of benzene rings is 2. The fourth-order valence-electron chi connectivity index (χ4n) is 3.44. The van der Waals surface area contributed by atoms with Crippen molar-refractivity contribution < 1.29 is 8.42 Å². The zero-order chi connectivity index (χ0) is 18.7. The molecule has 2 aromatic carbocycles. The average Bonchev–Trinajstić information content (AvgIpc) is 3.35. The van der Waals surface area contributed by atoms with Crippen molar-refractivity contribution in [2.75, 3.05) is 13.1 Å². The lowest BCUT2D eigenvalue weighted by atomic mass is 10.2. The Hall–Kier alpha value is -1.99. The number of hydrogen-bond donors (Lipinski definition) is 1. The van der Waals surface area contributed by atoms with Gasteiger partial charge in [0.15, 0.2) is 0 Å². The van der Waals surface area contributed by atoms with Crippen molar-refractivity contribution in [2.24, 2.45) is 0 Å². The summed E-state index contributed by atoms with van der Waals surface area (Å²) in [5, 5.41) is 2.02. The minimum atomic E-state index is -3.50. The topological polar surface area (TPSA) is 49.4 Å². The lowest BCUT2D eigenvalue weighted by molar-refractivity contribution is 0.324. The van der Waals surface area contributed by atoms with Crippen LogP contribution in [0.15, 0.2) is 77.0 Å². The van der Waals surface area contributed by atoms with Crippen LogP contribution in [0.3, 0.4) is 0 Å². The fraction of sp³-hybridized carbons (Fsp3) is 0.238. The number of thiophene rings is 1. The Labute approximate surface area is 164 Å². The molecule has 3 aromatic rings. The minimum absolute atomic E-state index is 0.0457. The van der Waals surface area contributed by atoms with Crippen molar-refractivity contribution >= 4 is 21.4 Å². The molecule has 0 aliphatic carbocycles. The van der Waals surface area contributed by atoms with Gasteiger partial charge in [-0.3, -0.25) is 4.90 Å². The van der Waals surface area contributed by atoms with Gasteiger partial charge in [0.05, 0.1) is 4.90 Å². The molecule has 0 saturated carbocycles. The van der Waals surface area contributed by atoms with Crippen molar-refractivity contribution in [2.45, 2.75) is 23.9 Å². The van der Waals surface area contributed by atoms with Crippen molar-refractivity contribution in [1.29, 1.82) is 0 Å². The molecule has 0 unspecified atom stereocenters. The van der Waals surface area contributed by atoms with Gasteiger partial charge in [0.2, 0.25) is 10.0 Å². The highest BCUT2D eigenvalue weighted by Gasteiger charge is 2.27. The molecule has 1 atom stereocenters. The van der Waals surface area contributed by atoms with Gasteiger partial charge >= 0.3 is 0 Å². The van der Waals surface area contributed by atoms with Gasteiger partial charge in [0, 0.05) is 30.6 Å². The summed E-state index contributed by atoms with van der Waals surface area (Å²) in [5.74, 6) is 0. The van der Waals surface area contributed by atoms with Gasteiger partial charge in [-0.1, -0.05) is 48.5 Å². The molecule has 0 radical (unpaired) electrons. The van der Waals surface area contributed by atoms with Gasteiger partial charge in [-0.05, 0) is 41.1 Å². The number of nitrogens with one attached hydrogen (secondary N) is 1. The highest BCUT2D eigenvalue weighted by molar-refractivity contribution is 7.89. The first kappa shape index (κ1) is 18.4. The molecular formula is C21H22N2O2S2. The first-order valence-corrected chi connectivity index (χ1v) is 11.4. The molecule has 1 aliphatic heterocycles. The molecule has 1 aromatic heterocycles. The second-order valence-electron chi connectivity index (χ2n) is 6.83. The molecule has 1 saturated heterocycles. The van der Waals surface area contributed by atoms with E-state index in [0.717, 1.165) is 36.5 Å². The van der Waals surface area contributed by atoms with Crippen molar-refractivity contribution in [3.8, 4) is 10.4 Å². The van der Waals surface area contributed by atoms with Gasteiger partial charge < -0.3 is 0 Å². The highest BCUT2D eigenvalue weighted by atomic mass is 32.2. The summed E-state index contributed by atoms with van der Waals surface area (Å²) < 4.78 is 28.3. The van der Waals surface area contributed by atoms with E-state index in [0.29, 0.717) is 4.90 Å². The first-order valence-electron chi connectivity index (χ1n) is 9.03. The maximum atomic E-state index is 12.7. The molecule has 1 fully saturated rings. The smallest absolute Gasteiger partial charge is 0.240 e. The number of hydrogen-bond acceptors (Lipinski definition) is 4. The van der Waals surface area contributed by atoms with Gasteiger partial charge in [-0.2, -0.15) is 0 Å². The maximum absolute atomic E-state index is 12.7. The number of nitrogens with zero attached hydrogens (tertiary/aromatic N) is 1. The lowest BCUT2D eigenvalue weighted by Crippen LogP contribution is -2.36. The molecule has 0 spiro atoms. The van der Waals surface area contributed by atoms with E-state index in [1.807, 2.05) is 47.8 Å². The summed E-state index contributed by atoms with van der Waals surface area (Å²) in [4.78, 5) is 3.76. The Morgan fingerprint density at radius 1 is 1.00 bits per heavy atom. The van der Waals surface area contributed by atoms with E-state index in [1.165, 1.54) is 5.56 Å². The first-order chi connectivity index (χ1) is 13.1. The van der Waals surface area contributed by atoms with Gasteiger partial charge in [0.25, 0.3) is 0 Å². The summed E-state index contributed by atoms with van der Waals surface area (Å²) in [7, 11) is -3.50. The Kier molecular flexibility index (Phi) is 5.41. The van der Waals surface area contributed by atoms with E-state index in [1.54, 1.807) is 23.5 Å². The van der Waals surface area contributed by atoms with Crippen molar-refractivity contribution in [3.63, 3.8) is 0 Å². The third-order valence-electron chi connectivity index (χ3n) is 4.81. The molecule has 0 bridgehead atoms. The molecule has 0 amide bonds. The molecular weight excluding hydrogens is 376 g/mol. The van der Waals surface area contributed by atoms with E-state index in [9.17, 15) is 8.42 Å². The quantitative estimate of drug-likeness (QED) is 0.684. The molecule has 2 heterocycles. The Bertz CT molecular complexity index is 969. The van der Waals surface area contributed by atoms with Crippen LogP contribution in [0.5, 0.6) is 0 Å². The summed E-state index contributed by atoms with van der Waals surface area (Å²) >= 11 is 1.65. The van der Waals surface area contributed by atoms with E-state index in [4.69, 9.17) is 0 Å².